The van der Waals surface area contributed by atoms with Crippen LogP contribution in [0.1, 0.15) is 11.1 Å². The molecule has 3 aromatic rings. The summed E-state index contributed by atoms with van der Waals surface area (Å²) in [4.78, 5) is 0. The number of phenolic OH excluding ortho intramolecular Hbond substituents is 1. The van der Waals surface area contributed by atoms with E-state index < -0.39 is 0 Å². The molecule has 1 N–H and O–H groups in total. The number of benzene rings is 3. The van der Waals surface area contributed by atoms with Gasteiger partial charge in [-0.05, 0) is 59.8 Å². The molecule has 0 fully saturated rings. The minimum atomic E-state index is 0.305. The summed E-state index contributed by atoms with van der Waals surface area (Å²) in [5.74, 6) is 1.76. The molecular formula is C18H18O3. The molecule has 0 aromatic heterocycles. The number of ether oxygens (including phenoxy) is 2. The van der Waals surface area contributed by atoms with E-state index in [0.29, 0.717) is 11.5 Å². The molecular weight excluding hydrogens is 264 g/mol. The Kier molecular flexibility index (Phi) is 3.13. The van der Waals surface area contributed by atoms with Crippen molar-refractivity contribution in [3.63, 3.8) is 0 Å². The van der Waals surface area contributed by atoms with Crippen LogP contribution >= 0.6 is 0 Å². The largest absolute Gasteiger partial charge is 0.507 e. The van der Waals surface area contributed by atoms with Gasteiger partial charge in [-0.15, -0.1) is 0 Å². The predicted molar refractivity (Wildman–Crippen MR) is 85.7 cm³/mol. The number of rotatable bonds is 2. The highest BCUT2D eigenvalue weighted by Crippen LogP contribution is 2.39. The third-order valence-electron chi connectivity index (χ3n) is 3.92. The Bertz CT molecular complexity index is 850. The molecule has 0 unspecified atom stereocenters. The van der Waals surface area contributed by atoms with E-state index in [1.165, 1.54) is 0 Å². The average Bonchev–Trinajstić information content (AvgIpc) is 2.46. The van der Waals surface area contributed by atoms with E-state index in [9.17, 15) is 5.11 Å². The van der Waals surface area contributed by atoms with Crippen molar-refractivity contribution in [2.75, 3.05) is 14.2 Å². The minimum Gasteiger partial charge on any atom is -0.507 e. The zero-order valence-corrected chi connectivity index (χ0v) is 12.7. The van der Waals surface area contributed by atoms with Gasteiger partial charge >= 0.3 is 0 Å². The Balaban J connectivity index is 2.46. The van der Waals surface area contributed by atoms with Crippen LogP contribution in [0.25, 0.3) is 21.5 Å². The van der Waals surface area contributed by atoms with Gasteiger partial charge in [-0.25, -0.2) is 0 Å². The lowest BCUT2D eigenvalue weighted by molar-refractivity contribution is 0.354. The van der Waals surface area contributed by atoms with Gasteiger partial charge in [0, 0.05) is 10.9 Å². The summed E-state index contributed by atoms with van der Waals surface area (Å²) in [6.45, 7) is 4.00. The lowest BCUT2D eigenvalue weighted by atomic mass is 9.97. The van der Waals surface area contributed by atoms with Crippen molar-refractivity contribution in [2.45, 2.75) is 13.8 Å². The first-order valence-electron chi connectivity index (χ1n) is 6.84. The molecule has 0 atom stereocenters. The van der Waals surface area contributed by atoms with E-state index in [1.807, 2.05) is 26.0 Å². The highest BCUT2D eigenvalue weighted by Gasteiger charge is 2.13. The van der Waals surface area contributed by atoms with Gasteiger partial charge in [0.15, 0.2) is 11.5 Å². The molecule has 3 nitrogen and oxygen atoms in total. The van der Waals surface area contributed by atoms with Gasteiger partial charge in [0.05, 0.1) is 14.2 Å². The monoisotopic (exact) mass is 282 g/mol. The van der Waals surface area contributed by atoms with E-state index in [2.05, 4.69) is 12.1 Å². The van der Waals surface area contributed by atoms with E-state index >= 15 is 0 Å². The Labute approximate surface area is 123 Å². The topological polar surface area (TPSA) is 38.7 Å². The zero-order chi connectivity index (χ0) is 15.1. The second-order valence-electron chi connectivity index (χ2n) is 5.32. The highest BCUT2D eigenvalue weighted by atomic mass is 16.5. The number of fused-ring (bicyclic) bond motifs is 2. The van der Waals surface area contributed by atoms with E-state index in [1.54, 1.807) is 20.3 Å². The lowest BCUT2D eigenvalue weighted by Gasteiger charge is -2.14. The fourth-order valence-electron chi connectivity index (χ4n) is 2.92. The number of aromatic hydroxyl groups is 1. The summed E-state index contributed by atoms with van der Waals surface area (Å²) in [6.07, 6.45) is 0. The van der Waals surface area contributed by atoms with Gasteiger partial charge in [-0.2, -0.15) is 0 Å². The van der Waals surface area contributed by atoms with Crippen LogP contribution in [0, 0.1) is 13.8 Å². The van der Waals surface area contributed by atoms with Crippen molar-refractivity contribution in [3.05, 3.63) is 41.5 Å². The molecule has 0 bridgehead atoms. The van der Waals surface area contributed by atoms with Gasteiger partial charge in [-0.1, -0.05) is 6.07 Å². The molecule has 0 amide bonds. The highest BCUT2D eigenvalue weighted by molar-refractivity contribution is 6.03. The van der Waals surface area contributed by atoms with Crippen molar-refractivity contribution < 1.29 is 14.6 Å². The number of methoxy groups -OCH3 is 2. The Morgan fingerprint density at radius 3 is 2.14 bits per heavy atom. The number of hydrogen-bond acceptors (Lipinski definition) is 3. The molecule has 0 spiro atoms. The third kappa shape index (κ3) is 2.05. The zero-order valence-electron chi connectivity index (χ0n) is 12.7. The van der Waals surface area contributed by atoms with Crippen LogP contribution in [0.5, 0.6) is 17.2 Å². The van der Waals surface area contributed by atoms with E-state index in [4.69, 9.17) is 9.47 Å². The summed E-state index contributed by atoms with van der Waals surface area (Å²) in [5, 5.41) is 14.1. The van der Waals surface area contributed by atoms with Gasteiger partial charge < -0.3 is 14.6 Å². The standard InChI is InChI=1S/C18H18O3/c1-10-5-12-7-14-11(2)18(21-4)17(20-3)9-13(14)8-15(12)16(19)6-10/h5-9,19H,1-4H3. The second kappa shape index (κ2) is 4.85. The van der Waals surface area contributed by atoms with Gasteiger partial charge in [0.2, 0.25) is 0 Å². The molecule has 21 heavy (non-hydrogen) atoms. The molecule has 0 saturated heterocycles. The molecule has 3 heteroatoms. The summed E-state index contributed by atoms with van der Waals surface area (Å²) < 4.78 is 10.9. The van der Waals surface area contributed by atoms with Crippen LogP contribution in [0.2, 0.25) is 0 Å². The fourth-order valence-corrected chi connectivity index (χ4v) is 2.92. The quantitative estimate of drug-likeness (QED) is 0.711. The number of aryl methyl sites for hydroxylation is 2. The molecule has 3 aromatic carbocycles. The summed E-state index contributed by atoms with van der Waals surface area (Å²) in [7, 11) is 3.28. The van der Waals surface area contributed by atoms with Crippen LogP contribution < -0.4 is 9.47 Å². The van der Waals surface area contributed by atoms with Gasteiger partial charge in [0.1, 0.15) is 5.75 Å². The third-order valence-corrected chi connectivity index (χ3v) is 3.92. The van der Waals surface area contributed by atoms with Crippen LogP contribution in [0.3, 0.4) is 0 Å². The van der Waals surface area contributed by atoms with Gasteiger partial charge in [0.25, 0.3) is 0 Å². The second-order valence-corrected chi connectivity index (χ2v) is 5.32. The van der Waals surface area contributed by atoms with Crippen LogP contribution in [0.4, 0.5) is 0 Å². The molecule has 0 aliphatic heterocycles. The summed E-state index contributed by atoms with van der Waals surface area (Å²) in [6, 6.07) is 9.88. The summed E-state index contributed by atoms with van der Waals surface area (Å²) >= 11 is 0. The smallest absolute Gasteiger partial charge is 0.164 e. The maximum atomic E-state index is 10.2. The van der Waals surface area contributed by atoms with Crippen molar-refractivity contribution in [1.29, 1.82) is 0 Å². The molecule has 0 heterocycles. The average molecular weight is 282 g/mol. The Morgan fingerprint density at radius 1 is 0.810 bits per heavy atom. The normalized spacial score (nSPS) is 11.0. The first-order chi connectivity index (χ1) is 10.0. The molecule has 0 radical (unpaired) electrons. The van der Waals surface area contributed by atoms with Crippen molar-refractivity contribution in [3.8, 4) is 17.2 Å². The van der Waals surface area contributed by atoms with Crippen molar-refractivity contribution in [1.82, 2.24) is 0 Å². The van der Waals surface area contributed by atoms with Crippen molar-refractivity contribution in [2.24, 2.45) is 0 Å². The van der Waals surface area contributed by atoms with Gasteiger partial charge in [-0.3, -0.25) is 0 Å². The maximum absolute atomic E-state index is 10.2. The summed E-state index contributed by atoms with van der Waals surface area (Å²) in [5.41, 5.74) is 2.08. The lowest BCUT2D eigenvalue weighted by Crippen LogP contribution is -1.94. The van der Waals surface area contributed by atoms with Crippen LogP contribution in [0.15, 0.2) is 30.3 Å². The SMILES string of the molecule is COc1cc2cc3c(O)cc(C)cc3cc2c(C)c1OC. The Hall–Kier alpha value is -2.42. The van der Waals surface area contributed by atoms with E-state index in [0.717, 1.165) is 38.4 Å². The molecule has 3 rings (SSSR count). The predicted octanol–water partition coefficient (Wildman–Crippen LogP) is 4.33. The Morgan fingerprint density at radius 2 is 1.48 bits per heavy atom. The molecule has 108 valence electrons. The first-order valence-corrected chi connectivity index (χ1v) is 6.84. The molecule has 0 aliphatic carbocycles. The molecule has 0 saturated carbocycles. The fraction of sp³-hybridized carbons (Fsp3) is 0.222. The van der Waals surface area contributed by atoms with E-state index in [-0.39, 0.29) is 0 Å². The van der Waals surface area contributed by atoms with Crippen LogP contribution in [-0.4, -0.2) is 19.3 Å². The molecule has 0 aliphatic rings. The van der Waals surface area contributed by atoms with Crippen molar-refractivity contribution >= 4 is 21.5 Å². The number of phenols is 1. The number of hydrogen-bond donors (Lipinski definition) is 1. The minimum absolute atomic E-state index is 0.305. The van der Waals surface area contributed by atoms with Crippen LogP contribution in [-0.2, 0) is 0 Å². The first kappa shape index (κ1) is 13.6. The maximum Gasteiger partial charge on any atom is 0.164 e.